The molecule has 30 heavy (non-hydrogen) atoms. The number of carbonyl (C=O) groups is 1. The van der Waals surface area contributed by atoms with Crippen molar-refractivity contribution in [1.82, 2.24) is 15.0 Å². The van der Waals surface area contributed by atoms with Crippen LogP contribution in [0.3, 0.4) is 0 Å². The number of allylic oxidation sites excluding steroid dienone is 2. The number of ketones is 1. The second-order valence-electron chi connectivity index (χ2n) is 9.34. The van der Waals surface area contributed by atoms with Crippen LogP contribution >= 0.6 is 11.8 Å². The summed E-state index contributed by atoms with van der Waals surface area (Å²) in [5.41, 5.74) is 2.68. The highest BCUT2D eigenvalue weighted by atomic mass is 32.2. The Labute approximate surface area is 181 Å². The van der Waals surface area contributed by atoms with Crippen LogP contribution in [0.2, 0.25) is 0 Å². The van der Waals surface area contributed by atoms with E-state index in [2.05, 4.69) is 43.0 Å². The van der Waals surface area contributed by atoms with Crippen molar-refractivity contribution >= 4 is 23.4 Å². The van der Waals surface area contributed by atoms with Gasteiger partial charge in [-0.05, 0) is 41.9 Å². The normalized spacial score (nSPS) is 20.0. The van der Waals surface area contributed by atoms with Crippen molar-refractivity contribution in [2.24, 2.45) is 11.3 Å². The molecule has 0 spiro atoms. The summed E-state index contributed by atoms with van der Waals surface area (Å²) in [5.74, 6) is 1.73. The molecule has 2 aromatic heterocycles. The van der Waals surface area contributed by atoms with E-state index >= 15 is 0 Å². The molecule has 1 aliphatic carbocycles. The predicted molar refractivity (Wildman–Crippen MR) is 120 cm³/mol. The lowest BCUT2D eigenvalue weighted by molar-refractivity contribution is -0.118. The zero-order valence-electron chi connectivity index (χ0n) is 17.9. The number of aromatic amines is 1. The van der Waals surface area contributed by atoms with Gasteiger partial charge in [-0.3, -0.25) is 14.6 Å². The molecule has 158 valence electrons. The highest BCUT2D eigenvalue weighted by Crippen LogP contribution is 2.47. The molecule has 0 saturated heterocycles. The molecule has 0 saturated carbocycles. The lowest BCUT2D eigenvalue weighted by atomic mass is 9.69. The molecule has 0 aromatic carbocycles. The number of nitrogens with one attached hydrogen (secondary N) is 2. The number of fused-ring (bicyclic) bond motifs is 1. The third kappa shape index (κ3) is 4.08. The van der Waals surface area contributed by atoms with Crippen molar-refractivity contribution in [3.05, 3.63) is 57.3 Å². The smallest absolute Gasteiger partial charge is 0.257 e. The Morgan fingerprint density at radius 1 is 1.20 bits per heavy atom. The SMILES string of the molecule is CC(C)CCSc1nc2c(c(=O)[nH]1)[C@@H](c1ccncc1)C1=C(CC(C)(C)CC1=O)N2. The first-order valence-electron chi connectivity index (χ1n) is 10.5. The van der Waals surface area contributed by atoms with Crippen LogP contribution < -0.4 is 10.9 Å². The first-order chi connectivity index (χ1) is 14.2. The summed E-state index contributed by atoms with van der Waals surface area (Å²) in [4.78, 5) is 38.1. The zero-order chi connectivity index (χ0) is 21.5. The minimum Gasteiger partial charge on any atom is -0.343 e. The fourth-order valence-electron chi connectivity index (χ4n) is 4.24. The number of hydrogen-bond donors (Lipinski definition) is 2. The molecular formula is C23H28N4O2S. The molecule has 0 amide bonds. The largest absolute Gasteiger partial charge is 0.343 e. The van der Waals surface area contributed by atoms with Crippen LogP contribution in [0.5, 0.6) is 0 Å². The number of Topliss-reactive ketones (excluding diaryl/α,β-unsaturated/α-hetero) is 1. The Morgan fingerprint density at radius 2 is 1.93 bits per heavy atom. The summed E-state index contributed by atoms with van der Waals surface area (Å²) < 4.78 is 0. The molecule has 1 atom stereocenters. The Morgan fingerprint density at radius 3 is 2.63 bits per heavy atom. The van der Waals surface area contributed by atoms with Crippen molar-refractivity contribution in [3.63, 3.8) is 0 Å². The molecule has 4 rings (SSSR count). The van der Waals surface area contributed by atoms with Crippen LogP contribution in [0.4, 0.5) is 5.82 Å². The van der Waals surface area contributed by atoms with Gasteiger partial charge in [-0.2, -0.15) is 0 Å². The Kier molecular flexibility index (Phi) is 5.57. The number of aromatic nitrogens is 3. The minimum absolute atomic E-state index is 0.0935. The number of hydrogen-bond acceptors (Lipinski definition) is 6. The minimum atomic E-state index is -0.422. The topological polar surface area (TPSA) is 87.7 Å². The van der Waals surface area contributed by atoms with Crippen molar-refractivity contribution in [2.75, 3.05) is 11.1 Å². The fourth-order valence-corrected chi connectivity index (χ4v) is 5.35. The molecule has 7 heteroatoms. The number of nitrogens with zero attached hydrogens (tertiary/aromatic N) is 2. The van der Waals surface area contributed by atoms with E-state index in [1.54, 1.807) is 24.2 Å². The predicted octanol–water partition coefficient (Wildman–Crippen LogP) is 4.50. The van der Waals surface area contributed by atoms with Gasteiger partial charge in [-0.1, -0.05) is 39.5 Å². The number of anilines is 1. The van der Waals surface area contributed by atoms with Gasteiger partial charge >= 0.3 is 0 Å². The number of carbonyl (C=O) groups excluding carboxylic acids is 1. The van der Waals surface area contributed by atoms with Crippen molar-refractivity contribution in [3.8, 4) is 0 Å². The summed E-state index contributed by atoms with van der Waals surface area (Å²) >= 11 is 1.56. The van der Waals surface area contributed by atoms with Crippen LogP contribution in [0.1, 0.15) is 64.0 Å². The molecule has 2 aromatic rings. The molecule has 2 aliphatic rings. The van der Waals surface area contributed by atoms with E-state index in [0.717, 1.165) is 29.9 Å². The van der Waals surface area contributed by atoms with Crippen molar-refractivity contribution in [1.29, 1.82) is 0 Å². The van der Waals surface area contributed by atoms with Crippen LogP contribution in [-0.4, -0.2) is 26.5 Å². The Hall–Kier alpha value is -2.41. The zero-order valence-corrected chi connectivity index (χ0v) is 18.7. The second-order valence-corrected chi connectivity index (χ2v) is 10.4. The second kappa shape index (κ2) is 8.02. The molecule has 0 radical (unpaired) electrons. The van der Waals surface area contributed by atoms with Crippen molar-refractivity contribution < 1.29 is 4.79 Å². The van der Waals surface area contributed by atoms with Gasteiger partial charge in [0.2, 0.25) is 0 Å². The van der Waals surface area contributed by atoms with Crippen LogP contribution in [-0.2, 0) is 4.79 Å². The number of H-pyrrole nitrogens is 1. The summed E-state index contributed by atoms with van der Waals surface area (Å²) in [7, 11) is 0. The molecule has 1 aliphatic heterocycles. The quantitative estimate of drug-likeness (QED) is 0.543. The van der Waals surface area contributed by atoms with E-state index in [1.807, 2.05) is 12.1 Å². The fraction of sp³-hybridized carbons (Fsp3) is 0.478. The van der Waals surface area contributed by atoms with Gasteiger partial charge in [0.15, 0.2) is 10.9 Å². The lowest BCUT2D eigenvalue weighted by Crippen LogP contribution is -2.37. The van der Waals surface area contributed by atoms with Crippen LogP contribution in [0.15, 0.2) is 45.7 Å². The molecule has 0 fully saturated rings. The van der Waals surface area contributed by atoms with Crippen LogP contribution in [0.25, 0.3) is 0 Å². The molecular weight excluding hydrogens is 396 g/mol. The third-order valence-electron chi connectivity index (χ3n) is 5.67. The summed E-state index contributed by atoms with van der Waals surface area (Å²) in [5, 5.41) is 3.98. The Bertz CT molecular complexity index is 1060. The summed E-state index contributed by atoms with van der Waals surface area (Å²) in [6, 6.07) is 3.75. The molecule has 6 nitrogen and oxygen atoms in total. The van der Waals surface area contributed by atoms with Gasteiger partial charge < -0.3 is 10.3 Å². The molecule has 0 bridgehead atoms. The summed E-state index contributed by atoms with van der Waals surface area (Å²) in [6.45, 7) is 8.57. The van der Waals surface area contributed by atoms with Gasteiger partial charge in [-0.25, -0.2) is 4.98 Å². The van der Waals surface area contributed by atoms with E-state index in [1.165, 1.54) is 0 Å². The monoisotopic (exact) mass is 424 g/mol. The van der Waals surface area contributed by atoms with Gasteiger partial charge in [0.1, 0.15) is 5.82 Å². The first kappa shape index (κ1) is 20.8. The van der Waals surface area contributed by atoms with E-state index in [0.29, 0.717) is 34.4 Å². The van der Waals surface area contributed by atoms with E-state index in [-0.39, 0.29) is 16.8 Å². The average molecular weight is 425 g/mol. The van der Waals surface area contributed by atoms with Crippen molar-refractivity contribution in [2.45, 2.75) is 58.0 Å². The van der Waals surface area contributed by atoms with Gasteiger partial charge in [0.05, 0.1) is 5.56 Å². The highest BCUT2D eigenvalue weighted by Gasteiger charge is 2.42. The van der Waals surface area contributed by atoms with Crippen LogP contribution in [0, 0.1) is 11.3 Å². The first-order valence-corrected chi connectivity index (χ1v) is 11.4. The molecule has 3 heterocycles. The number of pyridine rings is 1. The number of rotatable bonds is 5. The third-order valence-corrected chi connectivity index (χ3v) is 6.58. The van der Waals surface area contributed by atoms with E-state index in [9.17, 15) is 9.59 Å². The number of thioether (sulfide) groups is 1. The van der Waals surface area contributed by atoms with E-state index < -0.39 is 5.92 Å². The standard InChI is InChI=1S/C23H28N4O2S/c1-13(2)7-10-30-22-26-20-19(21(29)27-22)17(14-5-8-24-9-6-14)18-15(25-20)11-23(3,4)12-16(18)28/h5-6,8-9,13,17H,7,10-12H2,1-4H3,(H2,25,26,27,29)/t17-/m0/s1. The van der Waals surface area contributed by atoms with E-state index in [4.69, 9.17) is 4.98 Å². The lowest BCUT2D eigenvalue weighted by Gasteiger charge is -2.38. The Balaban J connectivity index is 1.81. The molecule has 2 N–H and O–H groups in total. The highest BCUT2D eigenvalue weighted by molar-refractivity contribution is 7.99. The maximum absolute atomic E-state index is 13.2. The summed E-state index contributed by atoms with van der Waals surface area (Å²) in [6.07, 6.45) is 5.67. The average Bonchev–Trinajstić information content (AvgIpc) is 2.65. The van der Waals surface area contributed by atoms with Gasteiger partial charge in [-0.15, -0.1) is 0 Å². The maximum atomic E-state index is 13.2. The van der Waals surface area contributed by atoms with Gasteiger partial charge in [0.25, 0.3) is 5.56 Å². The maximum Gasteiger partial charge on any atom is 0.257 e. The molecule has 0 unspecified atom stereocenters. The van der Waals surface area contributed by atoms with Gasteiger partial charge in [0, 0.05) is 41.8 Å².